The zero-order valence-electron chi connectivity index (χ0n) is 12.4. The Morgan fingerprint density at radius 3 is 2.62 bits per heavy atom. The Balaban J connectivity index is 1.96. The molecule has 1 fully saturated rings. The molecule has 0 aliphatic heterocycles. The maximum Gasteiger partial charge on any atom is 0.119 e. The van der Waals surface area contributed by atoms with Crippen LogP contribution in [-0.2, 0) is 6.54 Å². The van der Waals surface area contributed by atoms with E-state index in [4.69, 9.17) is 16.3 Å². The van der Waals surface area contributed by atoms with Gasteiger partial charge >= 0.3 is 0 Å². The van der Waals surface area contributed by atoms with Gasteiger partial charge in [0.2, 0.25) is 0 Å². The van der Waals surface area contributed by atoms with Gasteiger partial charge in [0.15, 0.2) is 0 Å². The largest absolute Gasteiger partial charge is 0.497 e. The zero-order chi connectivity index (χ0) is 14.8. The molecule has 0 atom stereocenters. The smallest absolute Gasteiger partial charge is 0.119 e. The summed E-state index contributed by atoms with van der Waals surface area (Å²) in [6.45, 7) is 3.00. The third-order valence-corrected chi connectivity index (χ3v) is 4.19. The molecule has 3 heteroatoms. The summed E-state index contributed by atoms with van der Waals surface area (Å²) in [6, 6.07) is 13.0. The second-order valence-corrected chi connectivity index (χ2v) is 6.07. The van der Waals surface area contributed by atoms with Crippen molar-refractivity contribution in [3.05, 3.63) is 52.5 Å². The number of rotatable bonds is 5. The predicted octanol–water partition coefficient (Wildman–Crippen LogP) is 4.58. The molecule has 21 heavy (non-hydrogen) atoms. The van der Waals surface area contributed by atoms with Crippen molar-refractivity contribution in [2.75, 3.05) is 7.11 Å². The Bertz CT molecular complexity index is 650. The number of hydrogen-bond donors (Lipinski definition) is 1. The minimum Gasteiger partial charge on any atom is -0.497 e. The van der Waals surface area contributed by atoms with Crippen LogP contribution in [0.4, 0.5) is 0 Å². The summed E-state index contributed by atoms with van der Waals surface area (Å²) >= 11 is 6.21. The van der Waals surface area contributed by atoms with Gasteiger partial charge in [-0.25, -0.2) is 0 Å². The third kappa shape index (κ3) is 3.39. The normalized spacial score (nSPS) is 14.2. The first kappa shape index (κ1) is 14.4. The summed E-state index contributed by atoms with van der Waals surface area (Å²) in [5, 5.41) is 4.35. The Hall–Kier alpha value is -1.51. The fourth-order valence-electron chi connectivity index (χ4n) is 2.56. The Labute approximate surface area is 131 Å². The fourth-order valence-corrected chi connectivity index (χ4v) is 2.73. The summed E-state index contributed by atoms with van der Waals surface area (Å²) < 4.78 is 5.29. The molecule has 0 bridgehead atoms. The standard InChI is InChI=1S/C18H20ClNO/c1-12-9-16(21-2)7-8-17(12)18-10-14(19)4-3-13(18)11-20-15-5-6-15/h3-4,7-10,15,20H,5-6,11H2,1-2H3. The van der Waals surface area contributed by atoms with Crippen LogP contribution < -0.4 is 10.1 Å². The second-order valence-electron chi connectivity index (χ2n) is 5.64. The SMILES string of the molecule is COc1ccc(-c2cc(Cl)ccc2CNC2CC2)c(C)c1. The van der Waals surface area contributed by atoms with Gasteiger partial charge in [-0.1, -0.05) is 23.7 Å². The third-order valence-electron chi connectivity index (χ3n) is 3.95. The lowest BCUT2D eigenvalue weighted by molar-refractivity contribution is 0.414. The molecule has 2 nitrogen and oxygen atoms in total. The Morgan fingerprint density at radius 1 is 1.14 bits per heavy atom. The van der Waals surface area contributed by atoms with Gasteiger partial charge in [0.25, 0.3) is 0 Å². The highest BCUT2D eigenvalue weighted by Gasteiger charge is 2.20. The molecule has 110 valence electrons. The van der Waals surface area contributed by atoms with Gasteiger partial charge in [0.1, 0.15) is 5.75 Å². The molecule has 0 unspecified atom stereocenters. The van der Waals surface area contributed by atoms with Crippen molar-refractivity contribution >= 4 is 11.6 Å². The van der Waals surface area contributed by atoms with E-state index in [1.165, 1.54) is 35.1 Å². The summed E-state index contributed by atoms with van der Waals surface area (Å²) in [5.41, 5.74) is 4.91. The zero-order valence-corrected chi connectivity index (χ0v) is 13.2. The minimum absolute atomic E-state index is 0.700. The lowest BCUT2D eigenvalue weighted by atomic mass is 9.95. The fraction of sp³-hybridized carbons (Fsp3) is 0.333. The molecule has 0 radical (unpaired) electrons. The maximum atomic E-state index is 6.21. The van der Waals surface area contributed by atoms with Gasteiger partial charge in [0.05, 0.1) is 7.11 Å². The molecule has 1 aliphatic carbocycles. The molecule has 0 saturated heterocycles. The van der Waals surface area contributed by atoms with Gasteiger partial charge in [0, 0.05) is 17.6 Å². The van der Waals surface area contributed by atoms with Crippen LogP contribution in [-0.4, -0.2) is 13.2 Å². The van der Waals surface area contributed by atoms with E-state index in [1.54, 1.807) is 7.11 Å². The average Bonchev–Trinajstić information content (AvgIpc) is 3.30. The quantitative estimate of drug-likeness (QED) is 0.873. The highest BCUT2D eigenvalue weighted by Crippen LogP contribution is 2.32. The van der Waals surface area contributed by atoms with Crippen molar-refractivity contribution in [1.29, 1.82) is 0 Å². The van der Waals surface area contributed by atoms with Crippen LogP contribution in [0.2, 0.25) is 5.02 Å². The van der Waals surface area contributed by atoms with E-state index in [2.05, 4.69) is 36.5 Å². The molecular weight excluding hydrogens is 282 g/mol. The van der Waals surface area contributed by atoms with Crippen LogP contribution in [0.3, 0.4) is 0 Å². The van der Waals surface area contributed by atoms with E-state index in [-0.39, 0.29) is 0 Å². The number of aryl methyl sites for hydroxylation is 1. The molecule has 0 spiro atoms. The summed E-state index contributed by atoms with van der Waals surface area (Å²) in [4.78, 5) is 0. The summed E-state index contributed by atoms with van der Waals surface area (Å²) in [5.74, 6) is 0.885. The van der Waals surface area contributed by atoms with E-state index in [9.17, 15) is 0 Å². The lowest BCUT2D eigenvalue weighted by Crippen LogP contribution is -2.15. The molecule has 1 N–H and O–H groups in total. The van der Waals surface area contributed by atoms with Gasteiger partial charge in [-0.05, 0) is 66.3 Å². The van der Waals surface area contributed by atoms with E-state index >= 15 is 0 Å². The summed E-state index contributed by atoms with van der Waals surface area (Å²) in [6.07, 6.45) is 2.59. The van der Waals surface area contributed by atoms with Crippen LogP contribution in [0.15, 0.2) is 36.4 Å². The number of benzene rings is 2. The first-order valence-corrected chi connectivity index (χ1v) is 7.72. The molecule has 0 heterocycles. The molecular formula is C18H20ClNO. The highest BCUT2D eigenvalue weighted by atomic mass is 35.5. The lowest BCUT2D eigenvalue weighted by Gasteiger charge is -2.14. The van der Waals surface area contributed by atoms with E-state index in [0.29, 0.717) is 6.04 Å². The van der Waals surface area contributed by atoms with Crippen molar-refractivity contribution < 1.29 is 4.74 Å². The summed E-state index contributed by atoms with van der Waals surface area (Å²) in [7, 11) is 1.69. The van der Waals surface area contributed by atoms with Crippen molar-refractivity contribution in [2.45, 2.75) is 32.4 Å². The predicted molar refractivity (Wildman–Crippen MR) is 88.0 cm³/mol. The molecule has 0 aromatic heterocycles. The number of nitrogens with one attached hydrogen (secondary N) is 1. The van der Waals surface area contributed by atoms with Gasteiger partial charge in [-0.2, -0.15) is 0 Å². The molecule has 2 aromatic carbocycles. The van der Waals surface area contributed by atoms with Crippen LogP contribution in [0.25, 0.3) is 11.1 Å². The van der Waals surface area contributed by atoms with Crippen LogP contribution in [0.1, 0.15) is 24.0 Å². The molecule has 1 saturated carbocycles. The van der Waals surface area contributed by atoms with Gasteiger partial charge < -0.3 is 10.1 Å². The number of halogens is 1. The molecule has 1 aliphatic rings. The number of hydrogen-bond acceptors (Lipinski definition) is 2. The molecule has 3 rings (SSSR count). The topological polar surface area (TPSA) is 21.3 Å². The van der Waals surface area contributed by atoms with E-state index in [1.807, 2.05) is 12.1 Å². The van der Waals surface area contributed by atoms with Gasteiger partial charge in [-0.15, -0.1) is 0 Å². The Kier molecular flexibility index (Phi) is 4.18. The van der Waals surface area contributed by atoms with Crippen molar-refractivity contribution in [1.82, 2.24) is 5.32 Å². The van der Waals surface area contributed by atoms with Crippen molar-refractivity contribution in [3.63, 3.8) is 0 Å². The first-order chi connectivity index (χ1) is 10.2. The van der Waals surface area contributed by atoms with Crippen molar-refractivity contribution in [2.24, 2.45) is 0 Å². The number of ether oxygens (including phenoxy) is 1. The number of methoxy groups -OCH3 is 1. The van der Waals surface area contributed by atoms with Gasteiger partial charge in [-0.3, -0.25) is 0 Å². The van der Waals surface area contributed by atoms with Crippen LogP contribution in [0.5, 0.6) is 5.75 Å². The maximum absolute atomic E-state index is 6.21. The first-order valence-electron chi connectivity index (χ1n) is 7.34. The van der Waals surface area contributed by atoms with Crippen LogP contribution in [0, 0.1) is 6.92 Å². The molecule has 0 amide bonds. The van der Waals surface area contributed by atoms with Crippen LogP contribution >= 0.6 is 11.6 Å². The van der Waals surface area contributed by atoms with E-state index in [0.717, 1.165) is 17.3 Å². The Morgan fingerprint density at radius 2 is 1.95 bits per heavy atom. The highest BCUT2D eigenvalue weighted by molar-refractivity contribution is 6.30. The van der Waals surface area contributed by atoms with Crippen molar-refractivity contribution in [3.8, 4) is 16.9 Å². The van der Waals surface area contributed by atoms with E-state index < -0.39 is 0 Å². The second kappa shape index (κ2) is 6.08. The average molecular weight is 302 g/mol. The minimum atomic E-state index is 0.700. The molecule has 2 aromatic rings. The monoisotopic (exact) mass is 301 g/mol.